The fraction of sp³-hybridized carbons (Fsp3) is 0.115. The highest BCUT2D eigenvalue weighted by Gasteiger charge is 2.14. The summed E-state index contributed by atoms with van der Waals surface area (Å²) in [6.07, 6.45) is 0. The van der Waals surface area contributed by atoms with E-state index in [0.717, 1.165) is 17.1 Å². The summed E-state index contributed by atoms with van der Waals surface area (Å²) in [6.45, 7) is 6.41. The number of rotatable bonds is 2. The van der Waals surface area contributed by atoms with Gasteiger partial charge in [-0.15, -0.1) is 0 Å². The summed E-state index contributed by atoms with van der Waals surface area (Å²) < 4.78 is 2.29. The van der Waals surface area contributed by atoms with Crippen LogP contribution in [-0.2, 0) is 0 Å². The van der Waals surface area contributed by atoms with Gasteiger partial charge < -0.3 is 0 Å². The molecule has 0 unspecified atom stereocenters. The van der Waals surface area contributed by atoms with Crippen LogP contribution in [0, 0.1) is 20.8 Å². The Hall–Kier alpha value is -3.39. The van der Waals surface area contributed by atoms with E-state index >= 15 is 0 Å². The number of hydrogen-bond donors (Lipinski definition) is 0. The molecule has 5 rings (SSSR count). The van der Waals surface area contributed by atoms with Crippen LogP contribution in [0.5, 0.6) is 0 Å². The summed E-state index contributed by atoms with van der Waals surface area (Å²) in [4.78, 5) is 5.07. The van der Waals surface area contributed by atoms with Crippen LogP contribution in [0.3, 0.4) is 0 Å². The fourth-order valence-corrected chi connectivity index (χ4v) is 4.05. The molecule has 0 aliphatic rings. The minimum Gasteiger partial charge on any atom is -0.294 e. The Morgan fingerprint density at radius 3 is 2.25 bits per heavy atom. The van der Waals surface area contributed by atoms with Crippen LogP contribution in [-0.4, -0.2) is 9.55 Å². The van der Waals surface area contributed by atoms with Gasteiger partial charge in [0, 0.05) is 16.3 Å². The van der Waals surface area contributed by atoms with Crippen LogP contribution in [0.2, 0.25) is 0 Å². The molecule has 0 amide bonds. The van der Waals surface area contributed by atoms with Gasteiger partial charge >= 0.3 is 0 Å². The summed E-state index contributed by atoms with van der Waals surface area (Å²) in [5.41, 5.74) is 8.28. The molecule has 0 aliphatic heterocycles. The second-order valence-electron chi connectivity index (χ2n) is 7.63. The number of nitrogens with zero attached hydrogens (tertiary/aromatic N) is 2. The van der Waals surface area contributed by atoms with Gasteiger partial charge in [-0.2, -0.15) is 0 Å². The Morgan fingerprint density at radius 2 is 1.39 bits per heavy atom. The molecule has 28 heavy (non-hydrogen) atoms. The van der Waals surface area contributed by atoms with E-state index in [0.29, 0.717) is 0 Å². The predicted octanol–water partition coefficient (Wildman–Crippen LogP) is 6.77. The third-order valence-electron chi connectivity index (χ3n) is 5.33. The third kappa shape index (κ3) is 2.69. The van der Waals surface area contributed by atoms with Gasteiger partial charge in [0.05, 0.1) is 16.7 Å². The van der Waals surface area contributed by atoms with E-state index < -0.39 is 0 Å². The number of fused-ring (bicyclic) bond motifs is 3. The number of benzene rings is 3. The molecule has 0 atom stereocenters. The first-order chi connectivity index (χ1) is 13.6. The molecule has 3 aromatic carbocycles. The van der Waals surface area contributed by atoms with E-state index in [9.17, 15) is 0 Å². The van der Waals surface area contributed by atoms with E-state index in [1.165, 1.54) is 38.5 Å². The molecule has 0 saturated heterocycles. The monoisotopic (exact) mass is 362 g/mol. The predicted molar refractivity (Wildman–Crippen MR) is 118 cm³/mol. The molecule has 0 aliphatic carbocycles. The van der Waals surface area contributed by atoms with Gasteiger partial charge in [-0.3, -0.25) is 4.57 Å². The lowest BCUT2D eigenvalue weighted by molar-refractivity contribution is 1.07. The zero-order valence-corrected chi connectivity index (χ0v) is 16.4. The number of para-hydroxylation sites is 1. The number of pyridine rings is 1. The molecule has 5 aromatic rings. The highest BCUT2D eigenvalue weighted by molar-refractivity contribution is 6.09. The lowest BCUT2D eigenvalue weighted by Crippen LogP contribution is -2.00. The molecule has 2 nitrogen and oxygen atoms in total. The van der Waals surface area contributed by atoms with E-state index in [-0.39, 0.29) is 0 Å². The highest BCUT2D eigenvalue weighted by Crippen LogP contribution is 2.33. The molecular weight excluding hydrogens is 340 g/mol. The smallest absolute Gasteiger partial charge is 0.138 e. The quantitative estimate of drug-likeness (QED) is 0.339. The maximum atomic E-state index is 5.07. The zero-order chi connectivity index (χ0) is 19.3. The van der Waals surface area contributed by atoms with Gasteiger partial charge in [-0.05, 0) is 62.7 Å². The zero-order valence-electron chi connectivity index (χ0n) is 16.4. The summed E-state index contributed by atoms with van der Waals surface area (Å²) in [6, 6.07) is 28.1. The van der Waals surface area contributed by atoms with Crippen LogP contribution in [0.15, 0.2) is 78.9 Å². The molecule has 2 aromatic heterocycles. The van der Waals surface area contributed by atoms with Gasteiger partial charge in [0.25, 0.3) is 0 Å². The first kappa shape index (κ1) is 16.8. The van der Waals surface area contributed by atoms with E-state index in [2.05, 4.69) is 104 Å². The van der Waals surface area contributed by atoms with Crippen molar-refractivity contribution < 1.29 is 0 Å². The SMILES string of the molecule is Cc1cccc(-c2cc(C)cc(-n3c4ccccc4c4cc(C)ccc43)n2)c1. The Kier molecular flexibility index (Phi) is 3.80. The standard InChI is InChI=1S/C26H22N2/c1-17-7-6-8-20(13-17)23-15-19(3)16-26(27-23)28-24-10-5-4-9-21(24)22-14-18(2)11-12-25(22)28/h4-16H,1-3H3. The molecule has 136 valence electrons. The van der Waals surface area contributed by atoms with Gasteiger partial charge in [0.15, 0.2) is 0 Å². The number of hydrogen-bond acceptors (Lipinski definition) is 1. The van der Waals surface area contributed by atoms with Crippen molar-refractivity contribution in [1.82, 2.24) is 9.55 Å². The van der Waals surface area contributed by atoms with Crippen LogP contribution < -0.4 is 0 Å². The van der Waals surface area contributed by atoms with E-state index in [4.69, 9.17) is 4.98 Å². The maximum absolute atomic E-state index is 5.07. The first-order valence-corrected chi connectivity index (χ1v) is 9.66. The second kappa shape index (κ2) is 6.35. The molecule has 0 N–H and O–H groups in total. The van der Waals surface area contributed by atoms with Crippen LogP contribution in [0.4, 0.5) is 0 Å². The molecule has 0 bridgehead atoms. The molecule has 0 fully saturated rings. The second-order valence-corrected chi connectivity index (χ2v) is 7.63. The van der Waals surface area contributed by atoms with E-state index in [1.54, 1.807) is 0 Å². The van der Waals surface area contributed by atoms with E-state index in [1.807, 2.05) is 0 Å². The first-order valence-electron chi connectivity index (χ1n) is 9.66. The lowest BCUT2D eigenvalue weighted by atomic mass is 10.1. The van der Waals surface area contributed by atoms with Crippen molar-refractivity contribution in [1.29, 1.82) is 0 Å². The normalized spacial score (nSPS) is 11.4. The van der Waals surface area contributed by atoms with Gasteiger partial charge in [-0.25, -0.2) is 4.98 Å². The topological polar surface area (TPSA) is 17.8 Å². The average Bonchev–Trinajstić information content (AvgIpc) is 3.01. The summed E-state index contributed by atoms with van der Waals surface area (Å²) >= 11 is 0. The van der Waals surface area contributed by atoms with Gasteiger partial charge in [0.1, 0.15) is 5.82 Å². The molecule has 2 heterocycles. The molecule has 0 radical (unpaired) electrons. The van der Waals surface area contributed by atoms with Crippen molar-refractivity contribution in [3.05, 3.63) is 95.6 Å². The lowest BCUT2D eigenvalue weighted by Gasteiger charge is -2.11. The van der Waals surface area contributed by atoms with Crippen LogP contribution in [0.1, 0.15) is 16.7 Å². The summed E-state index contributed by atoms with van der Waals surface area (Å²) in [5, 5.41) is 2.54. The van der Waals surface area contributed by atoms with Crippen molar-refractivity contribution >= 4 is 21.8 Å². The van der Waals surface area contributed by atoms with Gasteiger partial charge in [0.2, 0.25) is 0 Å². The average molecular weight is 362 g/mol. The molecule has 0 saturated carbocycles. The molecular formula is C26H22N2. The molecule has 2 heteroatoms. The Bertz CT molecular complexity index is 1340. The van der Waals surface area contributed by atoms with Crippen molar-refractivity contribution in [3.8, 4) is 17.1 Å². The highest BCUT2D eigenvalue weighted by atomic mass is 15.1. The molecule has 0 spiro atoms. The minimum atomic E-state index is 0.964. The number of aryl methyl sites for hydroxylation is 3. The third-order valence-corrected chi connectivity index (χ3v) is 5.33. The van der Waals surface area contributed by atoms with Crippen LogP contribution in [0.25, 0.3) is 38.9 Å². The van der Waals surface area contributed by atoms with Crippen molar-refractivity contribution in [3.63, 3.8) is 0 Å². The van der Waals surface area contributed by atoms with Crippen molar-refractivity contribution in [2.45, 2.75) is 20.8 Å². The van der Waals surface area contributed by atoms with Crippen LogP contribution >= 0.6 is 0 Å². The Morgan fingerprint density at radius 1 is 0.607 bits per heavy atom. The summed E-state index contributed by atoms with van der Waals surface area (Å²) in [5.74, 6) is 0.964. The van der Waals surface area contributed by atoms with Gasteiger partial charge in [-0.1, -0.05) is 53.6 Å². The van der Waals surface area contributed by atoms with Crippen molar-refractivity contribution in [2.24, 2.45) is 0 Å². The Balaban J connectivity index is 1.83. The number of aromatic nitrogens is 2. The Labute approximate surface area is 165 Å². The minimum absolute atomic E-state index is 0.964. The summed E-state index contributed by atoms with van der Waals surface area (Å²) in [7, 11) is 0. The fourth-order valence-electron chi connectivity index (χ4n) is 4.05. The van der Waals surface area contributed by atoms with Crippen molar-refractivity contribution in [2.75, 3.05) is 0 Å². The maximum Gasteiger partial charge on any atom is 0.138 e. The largest absolute Gasteiger partial charge is 0.294 e.